The van der Waals surface area contributed by atoms with Crippen LogP contribution in [0.3, 0.4) is 0 Å². The van der Waals surface area contributed by atoms with Crippen molar-refractivity contribution in [3.8, 4) is 0 Å². The van der Waals surface area contributed by atoms with Gasteiger partial charge in [0.1, 0.15) is 0 Å². The molecule has 0 spiro atoms. The number of hydrogen-bond donors (Lipinski definition) is 0. The van der Waals surface area contributed by atoms with Gasteiger partial charge < -0.3 is 0 Å². The van der Waals surface area contributed by atoms with Crippen molar-refractivity contribution in [3.63, 3.8) is 0 Å². The Labute approximate surface area is 138 Å². The second kappa shape index (κ2) is 4.99. The normalized spacial score (nSPS) is 24.2. The van der Waals surface area contributed by atoms with Gasteiger partial charge in [0.2, 0.25) is 0 Å². The maximum atomic E-state index is 12.1. The maximum absolute atomic E-state index is 12.1. The van der Waals surface area contributed by atoms with E-state index in [0.29, 0.717) is 0 Å². The van der Waals surface area contributed by atoms with Gasteiger partial charge in [-0.15, -0.1) is 0 Å². The van der Waals surface area contributed by atoms with E-state index in [-0.39, 0.29) is 51.4 Å². The van der Waals surface area contributed by atoms with Crippen molar-refractivity contribution in [2.75, 3.05) is 11.5 Å². The Morgan fingerprint density at radius 1 is 0.941 bits per heavy atom. The summed E-state index contributed by atoms with van der Waals surface area (Å²) >= 11 is 0. The van der Waals surface area contributed by atoms with Crippen LogP contribution in [0.1, 0.15) is 0 Å². The monoisotopic (exact) mass is 341 g/mol. The molecule has 1 saturated heterocycles. The number of rotatable bonds is 1. The van der Waals surface area contributed by atoms with E-state index in [1.165, 1.54) is 0 Å². The summed E-state index contributed by atoms with van der Waals surface area (Å²) in [6.45, 7) is 0. The number of hydrogen-bond acceptors (Lipinski definition) is 6. The fraction of sp³-hybridized carbons (Fsp3) is 1.00. The van der Waals surface area contributed by atoms with Gasteiger partial charge in [-0.25, -0.2) is 25.3 Å². The molecule has 0 aromatic carbocycles. The molecule has 0 saturated carbocycles. The third kappa shape index (κ3) is 3.24. The third-order valence-electron chi connectivity index (χ3n) is 1.81. The Morgan fingerprint density at radius 2 is 1.24 bits per heavy atom. The molecule has 1 aliphatic heterocycles. The van der Waals surface area contributed by atoms with Crippen molar-refractivity contribution in [3.05, 3.63) is 0 Å². The summed E-state index contributed by atoms with van der Waals surface area (Å²) in [7, 11) is -15.9. The summed E-state index contributed by atoms with van der Waals surface area (Å²) in [5.74, 6) is -2.23. The second-order valence-corrected chi connectivity index (χ2v) is 10.3. The average molecular weight is 341 g/mol. The van der Waals surface area contributed by atoms with Crippen LogP contribution < -0.4 is 51.4 Å². The van der Waals surface area contributed by atoms with Gasteiger partial charge in [0.15, 0.2) is 19.7 Å². The molecule has 6 nitrogen and oxygen atoms in total. The van der Waals surface area contributed by atoms with Crippen LogP contribution in [-0.4, -0.2) is 46.2 Å². The van der Waals surface area contributed by atoms with Gasteiger partial charge in [0.25, 0.3) is 13.8 Å². The molecule has 0 radical (unpaired) electrons. The van der Waals surface area contributed by atoms with Gasteiger partial charge in [0, 0.05) is 0 Å². The van der Waals surface area contributed by atoms with Gasteiger partial charge in [0.05, 0.1) is 11.5 Å². The van der Waals surface area contributed by atoms with Gasteiger partial charge in [-0.05, 0) is 0 Å². The van der Waals surface area contributed by atoms with Crippen molar-refractivity contribution in [2.45, 2.75) is 9.42 Å². The molecule has 1 rings (SSSR count). The molecule has 1 fully saturated rings. The number of halogens is 3. The van der Waals surface area contributed by atoms with Crippen LogP contribution in [-0.2, 0) is 29.5 Å². The molecular weight excluding hydrogens is 336 g/mol. The molecule has 0 amide bonds. The zero-order valence-electron chi connectivity index (χ0n) is 8.30. The topological polar surface area (TPSA) is 102 Å². The minimum absolute atomic E-state index is 0. The van der Waals surface area contributed by atoms with Crippen molar-refractivity contribution >= 4 is 29.5 Å². The van der Waals surface area contributed by atoms with Crippen molar-refractivity contribution in [2.24, 2.45) is 0 Å². The van der Waals surface area contributed by atoms with E-state index in [2.05, 4.69) is 0 Å². The number of alkyl halides is 3. The minimum Gasteiger partial charge on any atom is -0.226 e. The molecule has 1 heterocycles. The van der Waals surface area contributed by atoms with E-state index >= 15 is 0 Å². The molecule has 0 aromatic rings. The van der Waals surface area contributed by atoms with Crippen LogP contribution in [0.25, 0.3) is 0 Å². The quantitative estimate of drug-likeness (QED) is 0.451. The first-order chi connectivity index (χ1) is 6.82. The summed E-state index contributed by atoms with van der Waals surface area (Å²) in [6, 6.07) is 0. The van der Waals surface area contributed by atoms with Crippen LogP contribution in [0.5, 0.6) is 0 Å². The summed E-state index contributed by atoms with van der Waals surface area (Å²) in [4.78, 5) is 0. The van der Waals surface area contributed by atoms with Crippen molar-refractivity contribution in [1.29, 1.82) is 0 Å². The van der Waals surface area contributed by atoms with E-state index in [9.17, 15) is 38.4 Å². The summed E-state index contributed by atoms with van der Waals surface area (Å²) in [6.07, 6.45) is 0. The van der Waals surface area contributed by atoms with Crippen LogP contribution in [0.2, 0.25) is 0 Å². The molecule has 0 aromatic heterocycles. The van der Waals surface area contributed by atoms with Crippen LogP contribution in [0, 0.1) is 0 Å². The van der Waals surface area contributed by atoms with Crippen LogP contribution in [0.4, 0.5) is 13.2 Å². The summed E-state index contributed by atoms with van der Waals surface area (Å²) < 4.78 is 98.4. The fourth-order valence-electron chi connectivity index (χ4n) is 1.14. The van der Waals surface area contributed by atoms with Gasteiger partial charge in [-0.1, -0.05) is 0 Å². The Bertz CT molecular complexity index is 565. The van der Waals surface area contributed by atoms with E-state index < -0.39 is 50.4 Å². The second-order valence-electron chi connectivity index (χ2n) is 3.01. The van der Waals surface area contributed by atoms with Crippen LogP contribution >= 0.6 is 0 Å². The first-order valence-corrected chi connectivity index (χ1v) is 8.53. The largest absolute Gasteiger partial charge is 1.00 e. The SMILES string of the molecule is O=S1(=O)CCS(=O)(=O)C1S(=O)(=O)C(F)(F)F.[K+]. The molecule has 17 heavy (non-hydrogen) atoms. The van der Waals surface area contributed by atoms with E-state index in [4.69, 9.17) is 0 Å². The standard InChI is InChI=1S/C4H5F3O6S3.K/c5-4(6,7)16(12,13)3-14(8,9)1-2-15(3,10)11;/h3H,1-2H2;/q;+1. The predicted molar refractivity (Wildman–Crippen MR) is 46.3 cm³/mol. The van der Waals surface area contributed by atoms with E-state index in [0.717, 1.165) is 0 Å². The Balaban J connectivity index is 0.00000256. The fourth-order valence-corrected chi connectivity index (χ4v) is 10.3. The Morgan fingerprint density at radius 3 is 1.47 bits per heavy atom. The molecular formula is C4H5F3KO6S3+. The zero-order chi connectivity index (χ0) is 13.0. The zero-order valence-corrected chi connectivity index (χ0v) is 13.9. The minimum atomic E-state index is -6.27. The van der Waals surface area contributed by atoms with Gasteiger partial charge >= 0.3 is 56.9 Å². The Kier molecular flexibility index (Phi) is 5.37. The predicted octanol–water partition coefficient (Wildman–Crippen LogP) is -3.95. The molecule has 1 aliphatic rings. The summed E-state index contributed by atoms with van der Waals surface area (Å²) in [5, 5.41) is 0. The third-order valence-corrected chi connectivity index (χ3v) is 11.0. The number of sulfone groups is 3. The first-order valence-electron chi connectivity index (χ1n) is 3.56. The smallest absolute Gasteiger partial charge is 0.226 e. The molecule has 0 aliphatic carbocycles. The molecule has 0 unspecified atom stereocenters. The molecule has 96 valence electrons. The molecule has 0 atom stereocenters. The molecule has 0 bridgehead atoms. The van der Waals surface area contributed by atoms with Crippen molar-refractivity contribution in [1.82, 2.24) is 0 Å². The van der Waals surface area contributed by atoms with Crippen LogP contribution in [0.15, 0.2) is 0 Å². The molecule has 0 N–H and O–H groups in total. The maximum Gasteiger partial charge on any atom is 1.00 e. The van der Waals surface area contributed by atoms with Crippen molar-refractivity contribution < 1.29 is 89.8 Å². The molecule has 13 heteroatoms. The summed E-state index contributed by atoms with van der Waals surface area (Å²) in [5.41, 5.74) is -5.91. The van der Waals surface area contributed by atoms with Gasteiger partial charge in [-0.3, -0.25) is 0 Å². The van der Waals surface area contributed by atoms with E-state index in [1.807, 2.05) is 0 Å². The van der Waals surface area contributed by atoms with E-state index in [1.54, 1.807) is 0 Å². The average Bonchev–Trinajstić information content (AvgIpc) is 2.18. The Hall–Kier alpha value is 1.28. The van der Waals surface area contributed by atoms with Gasteiger partial charge in [-0.2, -0.15) is 13.2 Å². The first kappa shape index (κ1) is 18.3.